The fraction of sp³-hybridized carbons (Fsp3) is 0.857. The molecule has 0 N–H and O–H groups in total. The third-order valence-electron chi connectivity index (χ3n) is 2.18. The number of nitro groups is 1. The molecule has 0 amide bonds. The molecule has 4 nitrogen and oxygen atoms in total. The van der Waals surface area contributed by atoms with E-state index in [1.54, 1.807) is 0 Å². The molecule has 1 fully saturated rings. The molecular formula is C7H10N2O2. The van der Waals surface area contributed by atoms with Gasteiger partial charge in [0.1, 0.15) is 0 Å². The van der Waals surface area contributed by atoms with Gasteiger partial charge in [-0.2, -0.15) is 5.26 Å². The highest BCUT2D eigenvalue weighted by molar-refractivity contribution is 4.86. The Morgan fingerprint density at radius 3 is 2.27 bits per heavy atom. The van der Waals surface area contributed by atoms with Crippen molar-refractivity contribution in [2.45, 2.75) is 31.7 Å². The molecule has 0 spiro atoms. The van der Waals surface area contributed by atoms with Crippen LogP contribution in [0.4, 0.5) is 0 Å². The lowest BCUT2D eigenvalue weighted by molar-refractivity contribution is -0.526. The van der Waals surface area contributed by atoms with Crippen LogP contribution in [0, 0.1) is 27.4 Å². The molecule has 1 rings (SSSR count). The Morgan fingerprint density at radius 1 is 1.36 bits per heavy atom. The molecule has 0 aliphatic heterocycles. The third-order valence-corrected chi connectivity index (χ3v) is 2.18. The van der Waals surface area contributed by atoms with Crippen molar-refractivity contribution in [3.63, 3.8) is 0 Å². The maximum Gasteiger partial charge on any atom is 0.213 e. The van der Waals surface area contributed by atoms with Gasteiger partial charge in [-0.05, 0) is 12.8 Å². The molecule has 1 aliphatic carbocycles. The molecule has 0 aromatic carbocycles. The molecule has 60 valence electrons. The highest BCUT2D eigenvalue weighted by atomic mass is 16.6. The van der Waals surface area contributed by atoms with Crippen molar-refractivity contribution < 1.29 is 4.92 Å². The van der Waals surface area contributed by atoms with E-state index in [0.717, 1.165) is 0 Å². The standard InChI is InChI=1S/C7H10N2O2/c8-5-6-1-3-7(4-2-6)9(10)11/h6-7H,1-4H2. The smallest absolute Gasteiger partial charge is 0.213 e. The highest BCUT2D eigenvalue weighted by Crippen LogP contribution is 2.24. The monoisotopic (exact) mass is 154 g/mol. The van der Waals surface area contributed by atoms with Crippen molar-refractivity contribution in [1.82, 2.24) is 0 Å². The Hall–Kier alpha value is -1.11. The summed E-state index contributed by atoms with van der Waals surface area (Å²) in [6.07, 6.45) is 2.54. The van der Waals surface area contributed by atoms with Gasteiger partial charge in [-0.3, -0.25) is 10.1 Å². The van der Waals surface area contributed by atoms with Crippen molar-refractivity contribution in [3.05, 3.63) is 10.1 Å². The van der Waals surface area contributed by atoms with E-state index >= 15 is 0 Å². The van der Waals surface area contributed by atoms with Gasteiger partial charge in [-0.25, -0.2) is 0 Å². The summed E-state index contributed by atoms with van der Waals surface area (Å²) < 4.78 is 0. The molecule has 4 heteroatoms. The van der Waals surface area contributed by atoms with Crippen LogP contribution in [0.2, 0.25) is 0 Å². The zero-order chi connectivity index (χ0) is 8.27. The van der Waals surface area contributed by atoms with Crippen LogP contribution < -0.4 is 0 Å². The molecule has 0 atom stereocenters. The Bertz CT molecular complexity index is 189. The maximum absolute atomic E-state index is 10.3. The summed E-state index contributed by atoms with van der Waals surface area (Å²) in [5.41, 5.74) is 0. The van der Waals surface area contributed by atoms with Crippen LogP contribution in [0.1, 0.15) is 25.7 Å². The largest absolute Gasteiger partial charge is 0.264 e. The quantitative estimate of drug-likeness (QED) is 0.423. The van der Waals surface area contributed by atoms with Crippen LogP contribution in [-0.2, 0) is 0 Å². The zero-order valence-electron chi connectivity index (χ0n) is 6.19. The van der Waals surface area contributed by atoms with Gasteiger partial charge in [0, 0.05) is 23.7 Å². The summed E-state index contributed by atoms with van der Waals surface area (Å²) in [6.45, 7) is 0. The Morgan fingerprint density at radius 2 is 1.91 bits per heavy atom. The minimum atomic E-state index is -0.389. The van der Waals surface area contributed by atoms with Gasteiger partial charge in [0.05, 0.1) is 6.07 Å². The van der Waals surface area contributed by atoms with Crippen LogP contribution >= 0.6 is 0 Å². The summed E-state index contributed by atoms with van der Waals surface area (Å²) >= 11 is 0. The molecule has 0 bridgehead atoms. The van der Waals surface area contributed by atoms with Crippen LogP contribution in [0.3, 0.4) is 0 Å². The predicted molar refractivity (Wildman–Crippen MR) is 38.4 cm³/mol. The van der Waals surface area contributed by atoms with Crippen molar-refractivity contribution >= 4 is 0 Å². The molecule has 0 aromatic rings. The van der Waals surface area contributed by atoms with E-state index < -0.39 is 0 Å². The fourth-order valence-corrected chi connectivity index (χ4v) is 1.42. The topological polar surface area (TPSA) is 66.9 Å². The van der Waals surface area contributed by atoms with Crippen molar-refractivity contribution in [3.8, 4) is 6.07 Å². The van der Waals surface area contributed by atoms with Crippen molar-refractivity contribution in [2.24, 2.45) is 5.92 Å². The van der Waals surface area contributed by atoms with Crippen molar-refractivity contribution in [2.75, 3.05) is 0 Å². The van der Waals surface area contributed by atoms with E-state index in [1.165, 1.54) is 0 Å². The van der Waals surface area contributed by atoms with Gasteiger partial charge in [0.2, 0.25) is 6.04 Å². The van der Waals surface area contributed by atoms with Gasteiger partial charge in [-0.15, -0.1) is 0 Å². The number of nitriles is 1. The van der Waals surface area contributed by atoms with E-state index in [-0.39, 0.29) is 16.9 Å². The normalized spacial score (nSPS) is 30.8. The van der Waals surface area contributed by atoms with E-state index in [9.17, 15) is 10.1 Å². The molecule has 0 unspecified atom stereocenters. The number of hydrogen-bond acceptors (Lipinski definition) is 3. The molecule has 1 aliphatic rings. The first-order valence-electron chi connectivity index (χ1n) is 3.77. The third kappa shape index (κ3) is 1.90. The summed E-state index contributed by atoms with van der Waals surface area (Å²) in [6, 6.07) is 1.75. The second-order valence-corrected chi connectivity index (χ2v) is 2.92. The number of nitrogens with zero attached hydrogens (tertiary/aromatic N) is 2. The maximum atomic E-state index is 10.3. The Labute approximate surface area is 65.0 Å². The van der Waals surface area contributed by atoms with Gasteiger partial charge >= 0.3 is 0 Å². The highest BCUT2D eigenvalue weighted by Gasteiger charge is 2.27. The zero-order valence-corrected chi connectivity index (χ0v) is 6.19. The van der Waals surface area contributed by atoms with Crippen LogP contribution in [0.25, 0.3) is 0 Å². The van der Waals surface area contributed by atoms with E-state index in [2.05, 4.69) is 6.07 Å². The van der Waals surface area contributed by atoms with E-state index in [1.807, 2.05) is 0 Å². The Balaban J connectivity index is 2.37. The summed E-state index contributed by atoms with van der Waals surface area (Å²) in [5.74, 6) is 0.0613. The van der Waals surface area contributed by atoms with Gasteiger partial charge in [0.25, 0.3) is 0 Å². The lowest BCUT2D eigenvalue weighted by atomic mass is 9.87. The second-order valence-electron chi connectivity index (χ2n) is 2.92. The van der Waals surface area contributed by atoms with Gasteiger partial charge in [0.15, 0.2) is 0 Å². The minimum absolute atomic E-state index is 0.0613. The van der Waals surface area contributed by atoms with Gasteiger partial charge in [-0.1, -0.05) is 0 Å². The van der Waals surface area contributed by atoms with E-state index in [0.29, 0.717) is 25.7 Å². The first-order chi connectivity index (χ1) is 5.24. The van der Waals surface area contributed by atoms with Gasteiger partial charge < -0.3 is 0 Å². The summed E-state index contributed by atoms with van der Waals surface area (Å²) in [7, 11) is 0. The Kier molecular flexibility index (Phi) is 2.42. The molecule has 0 heterocycles. The summed E-state index contributed by atoms with van der Waals surface area (Å²) in [4.78, 5) is 10.0. The molecule has 11 heavy (non-hydrogen) atoms. The van der Waals surface area contributed by atoms with Crippen LogP contribution in [-0.4, -0.2) is 11.0 Å². The fourth-order valence-electron chi connectivity index (χ4n) is 1.42. The SMILES string of the molecule is N#CC1CCC([N+](=O)[O-])CC1. The van der Waals surface area contributed by atoms with Crippen molar-refractivity contribution in [1.29, 1.82) is 5.26 Å². The number of hydrogen-bond donors (Lipinski definition) is 0. The molecule has 1 saturated carbocycles. The predicted octanol–water partition coefficient (Wildman–Crippen LogP) is 1.35. The average molecular weight is 154 g/mol. The lowest BCUT2D eigenvalue weighted by Crippen LogP contribution is -2.25. The summed E-state index contributed by atoms with van der Waals surface area (Å²) in [5, 5.41) is 18.8. The lowest BCUT2D eigenvalue weighted by Gasteiger charge is -2.18. The molecule has 0 aromatic heterocycles. The minimum Gasteiger partial charge on any atom is -0.264 e. The second kappa shape index (κ2) is 3.33. The number of rotatable bonds is 1. The molecule has 0 saturated heterocycles. The first kappa shape index (κ1) is 7.99. The van der Waals surface area contributed by atoms with Crippen LogP contribution in [0.5, 0.6) is 0 Å². The molecule has 0 radical (unpaired) electrons. The molecular weight excluding hydrogens is 144 g/mol. The first-order valence-corrected chi connectivity index (χ1v) is 3.77. The van der Waals surface area contributed by atoms with E-state index in [4.69, 9.17) is 5.26 Å². The van der Waals surface area contributed by atoms with Crippen LogP contribution in [0.15, 0.2) is 0 Å². The average Bonchev–Trinajstić information content (AvgIpc) is 2.05.